The number of phenols is 1. The Bertz CT molecular complexity index is 1060. The third-order valence-electron chi connectivity index (χ3n) is 5.40. The third-order valence-corrected chi connectivity index (χ3v) is 6.30. The number of nitrogens with one attached hydrogen (secondary N) is 1. The molecule has 3 heterocycles. The van der Waals surface area contributed by atoms with E-state index in [4.69, 9.17) is 0 Å². The Morgan fingerprint density at radius 2 is 1.87 bits per heavy atom. The van der Waals surface area contributed by atoms with Crippen LogP contribution in [0.2, 0.25) is 0 Å². The number of pyridine rings is 1. The van der Waals surface area contributed by atoms with Gasteiger partial charge in [-0.2, -0.15) is 0 Å². The smallest absolute Gasteiger partial charge is 0.255 e. The highest BCUT2D eigenvalue weighted by Gasteiger charge is 2.29. The van der Waals surface area contributed by atoms with E-state index in [1.54, 1.807) is 34.4 Å². The molecule has 154 valence electrons. The Balaban J connectivity index is 1.37. The minimum absolute atomic E-state index is 0.0442. The van der Waals surface area contributed by atoms with E-state index in [1.165, 1.54) is 6.07 Å². The first-order valence-corrected chi connectivity index (χ1v) is 10.8. The zero-order chi connectivity index (χ0) is 21.1. The van der Waals surface area contributed by atoms with Gasteiger partial charge in [0.15, 0.2) is 0 Å². The number of piperidine rings is 1. The lowest BCUT2D eigenvalue weighted by molar-refractivity contribution is -0.121. The van der Waals surface area contributed by atoms with Crippen molar-refractivity contribution in [1.29, 1.82) is 0 Å². The number of aromatic nitrogens is 1. The molecule has 1 aromatic carbocycles. The summed E-state index contributed by atoms with van der Waals surface area (Å²) >= 11 is 1.62. The van der Waals surface area contributed by atoms with Gasteiger partial charge in [-0.1, -0.05) is 18.2 Å². The summed E-state index contributed by atoms with van der Waals surface area (Å²) in [4.78, 5) is 33.0. The van der Waals surface area contributed by atoms with Crippen LogP contribution in [0.5, 0.6) is 5.75 Å². The number of likely N-dealkylation sites (tertiary alicyclic amines) is 1. The molecule has 0 unspecified atom stereocenters. The highest BCUT2D eigenvalue weighted by molar-refractivity contribution is 7.13. The summed E-state index contributed by atoms with van der Waals surface area (Å²) in [5.74, 6) is -0.305. The van der Waals surface area contributed by atoms with Crippen LogP contribution in [-0.2, 0) is 4.79 Å². The molecule has 1 saturated heterocycles. The molecule has 1 aliphatic rings. The van der Waals surface area contributed by atoms with Gasteiger partial charge < -0.3 is 15.3 Å². The zero-order valence-electron chi connectivity index (χ0n) is 16.7. The van der Waals surface area contributed by atoms with Crippen molar-refractivity contribution in [2.45, 2.75) is 19.8 Å². The van der Waals surface area contributed by atoms with Gasteiger partial charge in [0, 0.05) is 19.0 Å². The fourth-order valence-electron chi connectivity index (χ4n) is 3.68. The minimum atomic E-state index is -0.186. The van der Waals surface area contributed by atoms with Gasteiger partial charge in [0.1, 0.15) is 5.75 Å². The first-order chi connectivity index (χ1) is 14.5. The molecule has 6 nitrogen and oxygen atoms in total. The Morgan fingerprint density at radius 1 is 1.10 bits per heavy atom. The number of thiophene rings is 1. The number of hydrogen-bond acceptors (Lipinski definition) is 5. The fourth-order valence-corrected chi connectivity index (χ4v) is 4.37. The van der Waals surface area contributed by atoms with Crippen molar-refractivity contribution in [2.24, 2.45) is 5.92 Å². The number of amides is 2. The maximum Gasteiger partial charge on any atom is 0.255 e. The molecule has 1 aliphatic heterocycles. The maximum absolute atomic E-state index is 13.0. The molecule has 1 fully saturated rings. The molecule has 4 rings (SSSR count). The van der Waals surface area contributed by atoms with Crippen LogP contribution in [0.15, 0.2) is 53.9 Å². The molecule has 0 bridgehead atoms. The second-order valence-corrected chi connectivity index (χ2v) is 8.33. The van der Waals surface area contributed by atoms with Crippen LogP contribution >= 0.6 is 11.3 Å². The van der Waals surface area contributed by atoms with Gasteiger partial charge in [0.2, 0.25) is 5.91 Å². The number of rotatable bonds is 4. The number of nitrogens with zero attached hydrogens (tertiary/aromatic N) is 2. The number of carbonyl (C=O) groups excluding carboxylic acids is 2. The highest BCUT2D eigenvalue weighted by Crippen LogP contribution is 2.27. The van der Waals surface area contributed by atoms with Crippen LogP contribution < -0.4 is 5.32 Å². The third kappa shape index (κ3) is 4.21. The summed E-state index contributed by atoms with van der Waals surface area (Å²) < 4.78 is 0. The van der Waals surface area contributed by atoms with Gasteiger partial charge in [-0.3, -0.25) is 14.6 Å². The quantitative estimate of drug-likeness (QED) is 0.615. The number of hydrogen-bond donors (Lipinski definition) is 2. The number of aromatic hydroxyl groups is 1. The van der Waals surface area contributed by atoms with Crippen molar-refractivity contribution in [3.63, 3.8) is 0 Å². The molecule has 0 spiro atoms. The van der Waals surface area contributed by atoms with Crippen LogP contribution in [0.3, 0.4) is 0 Å². The SMILES string of the molecule is Cc1nc(-c2cccs2)ccc1C(=O)N1CCC(C(=O)Nc2ccccc2O)CC1. The predicted octanol–water partition coefficient (Wildman–Crippen LogP) is 4.32. The van der Waals surface area contributed by atoms with E-state index in [0.717, 1.165) is 10.6 Å². The van der Waals surface area contributed by atoms with Gasteiger partial charge in [0.25, 0.3) is 5.91 Å². The van der Waals surface area contributed by atoms with E-state index in [0.29, 0.717) is 42.9 Å². The molecule has 2 aromatic heterocycles. The highest BCUT2D eigenvalue weighted by atomic mass is 32.1. The largest absolute Gasteiger partial charge is 0.506 e. The Morgan fingerprint density at radius 3 is 2.53 bits per heavy atom. The van der Waals surface area contributed by atoms with Crippen molar-refractivity contribution >= 4 is 28.8 Å². The molecule has 30 heavy (non-hydrogen) atoms. The normalized spacial score (nSPS) is 14.5. The molecule has 2 N–H and O–H groups in total. The number of para-hydroxylation sites is 2. The first-order valence-electron chi connectivity index (χ1n) is 9.92. The molecule has 0 aliphatic carbocycles. The van der Waals surface area contributed by atoms with Crippen LogP contribution in [0.25, 0.3) is 10.6 Å². The standard InChI is InChI=1S/C23H23N3O3S/c1-15-17(8-9-19(24-15)21-7-4-14-30-21)23(29)26-12-10-16(11-13-26)22(28)25-18-5-2-3-6-20(18)27/h2-9,14,16,27H,10-13H2,1H3,(H,25,28). The number of aryl methyl sites for hydroxylation is 1. The lowest BCUT2D eigenvalue weighted by atomic mass is 9.95. The van der Waals surface area contributed by atoms with Gasteiger partial charge in [-0.25, -0.2) is 0 Å². The Kier molecular flexibility index (Phi) is 5.81. The van der Waals surface area contributed by atoms with E-state index in [-0.39, 0.29) is 23.5 Å². The van der Waals surface area contributed by atoms with E-state index in [2.05, 4.69) is 10.3 Å². The molecule has 7 heteroatoms. The summed E-state index contributed by atoms with van der Waals surface area (Å²) in [5, 5.41) is 14.6. The molecule has 0 radical (unpaired) electrons. The maximum atomic E-state index is 13.0. The summed E-state index contributed by atoms with van der Waals surface area (Å²) in [6.45, 7) is 2.89. The van der Waals surface area contributed by atoms with Gasteiger partial charge in [-0.05, 0) is 55.5 Å². The monoisotopic (exact) mass is 421 g/mol. The Labute approximate surface area is 179 Å². The van der Waals surface area contributed by atoms with Crippen LogP contribution in [-0.4, -0.2) is 39.9 Å². The topological polar surface area (TPSA) is 82.5 Å². The van der Waals surface area contributed by atoms with Crippen LogP contribution in [0.1, 0.15) is 28.9 Å². The second kappa shape index (κ2) is 8.67. The van der Waals surface area contributed by atoms with Gasteiger partial charge >= 0.3 is 0 Å². The van der Waals surface area contributed by atoms with E-state index >= 15 is 0 Å². The lowest BCUT2D eigenvalue weighted by Gasteiger charge is -2.31. The molecular formula is C23H23N3O3S. The predicted molar refractivity (Wildman–Crippen MR) is 118 cm³/mol. The number of phenolic OH excluding ortho intramolecular Hbond substituents is 1. The fraction of sp³-hybridized carbons (Fsp3) is 0.261. The summed E-state index contributed by atoms with van der Waals surface area (Å²) in [7, 11) is 0. The average Bonchev–Trinajstić information content (AvgIpc) is 3.30. The molecular weight excluding hydrogens is 398 g/mol. The average molecular weight is 422 g/mol. The second-order valence-electron chi connectivity index (χ2n) is 7.38. The van der Waals surface area contributed by atoms with E-state index in [1.807, 2.05) is 36.6 Å². The number of benzene rings is 1. The van der Waals surface area contributed by atoms with Crippen molar-refractivity contribution in [3.8, 4) is 16.3 Å². The van der Waals surface area contributed by atoms with Crippen LogP contribution in [0.4, 0.5) is 5.69 Å². The van der Waals surface area contributed by atoms with Crippen molar-refractivity contribution in [2.75, 3.05) is 18.4 Å². The molecule has 2 amide bonds. The van der Waals surface area contributed by atoms with Crippen molar-refractivity contribution in [1.82, 2.24) is 9.88 Å². The minimum Gasteiger partial charge on any atom is -0.506 e. The lowest BCUT2D eigenvalue weighted by Crippen LogP contribution is -2.41. The molecule has 3 aromatic rings. The first kappa shape index (κ1) is 20.1. The van der Waals surface area contributed by atoms with Gasteiger partial charge in [0.05, 0.1) is 27.5 Å². The zero-order valence-corrected chi connectivity index (χ0v) is 17.5. The van der Waals surface area contributed by atoms with Gasteiger partial charge in [-0.15, -0.1) is 11.3 Å². The number of anilines is 1. The number of carbonyl (C=O) groups is 2. The molecule has 0 atom stereocenters. The van der Waals surface area contributed by atoms with Crippen LogP contribution in [0, 0.1) is 12.8 Å². The summed E-state index contributed by atoms with van der Waals surface area (Å²) in [6.07, 6.45) is 1.18. The van der Waals surface area contributed by atoms with Crippen molar-refractivity contribution < 1.29 is 14.7 Å². The van der Waals surface area contributed by atoms with Crippen molar-refractivity contribution in [3.05, 3.63) is 65.2 Å². The summed E-state index contributed by atoms with van der Waals surface area (Å²) in [5.41, 5.74) is 2.60. The van der Waals surface area contributed by atoms with E-state index < -0.39 is 0 Å². The van der Waals surface area contributed by atoms with E-state index in [9.17, 15) is 14.7 Å². The molecule has 0 saturated carbocycles. The summed E-state index contributed by atoms with van der Waals surface area (Å²) in [6, 6.07) is 14.4. The Hall–Kier alpha value is -3.19.